The Bertz CT molecular complexity index is 706. The maximum Gasteiger partial charge on any atom is 0.269 e. The number of benzene rings is 1. The molecule has 25 heavy (non-hydrogen) atoms. The molecule has 3 N–H and O–H groups in total. The predicted molar refractivity (Wildman–Crippen MR) is 94.1 cm³/mol. The van der Waals surface area contributed by atoms with Gasteiger partial charge in [-0.3, -0.25) is 14.9 Å². The van der Waals surface area contributed by atoms with E-state index in [9.17, 15) is 23.3 Å². The van der Waals surface area contributed by atoms with Gasteiger partial charge in [-0.1, -0.05) is 6.92 Å². The average Bonchev–Trinajstić information content (AvgIpc) is 2.49. The van der Waals surface area contributed by atoms with E-state index in [1.807, 2.05) is 6.92 Å². The van der Waals surface area contributed by atoms with E-state index in [-0.39, 0.29) is 47.9 Å². The van der Waals surface area contributed by atoms with Gasteiger partial charge in [0.05, 0.1) is 9.82 Å². The number of rotatable bonds is 8. The molecule has 1 aliphatic heterocycles. The summed E-state index contributed by atoms with van der Waals surface area (Å²) in [6.45, 7) is 3.71. The summed E-state index contributed by atoms with van der Waals surface area (Å²) in [5, 5.41) is 16.4. The standard InChI is InChI=1S/C14H20N4O5S.ClH/c1-10(11-8-15-9-11)14(19)16-6-7-17-24(22,23)13-4-2-12(3-5-13)18(20)21;/h2-5,10-11,15,17H,6-9H2,1H3,(H,16,19);1H. The number of non-ortho nitro benzene ring substituents is 1. The number of hydrogen-bond donors (Lipinski definition) is 3. The maximum absolute atomic E-state index is 12.1. The molecule has 1 amide bonds. The second-order valence-electron chi connectivity index (χ2n) is 5.65. The summed E-state index contributed by atoms with van der Waals surface area (Å²) in [5.74, 6) is 0.107. The Balaban J connectivity index is 0.00000312. The highest BCUT2D eigenvalue weighted by Crippen LogP contribution is 2.16. The molecule has 1 fully saturated rings. The number of nitro groups is 1. The lowest BCUT2D eigenvalue weighted by molar-refractivity contribution is -0.384. The minimum atomic E-state index is -3.76. The fraction of sp³-hybridized carbons (Fsp3) is 0.500. The zero-order chi connectivity index (χ0) is 17.7. The highest BCUT2D eigenvalue weighted by Gasteiger charge is 2.28. The molecule has 1 aromatic carbocycles. The third kappa shape index (κ3) is 5.63. The van der Waals surface area contributed by atoms with E-state index >= 15 is 0 Å². The molecule has 1 atom stereocenters. The lowest BCUT2D eigenvalue weighted by Crippen LogP contribution is -2.50. The van der Waals surface area contributed by atoms with Crippen LogP contribution in [0.2, 0.25) is 0 Å². The van der Waals surface area contributed by atoms with Gasteiger partial charge in [-0.25, -0.2) is 13.1 Å². The van der Waals surface area contributed by atoms with Gasteiger partial charge in [0.2, 0.25) is 15.9 Å². The van der Waals surface area contributed by atoms with Gasteiger partial charge in [0.15, 0.2) is 0 Å². The third-order valence-electron chi connectivity index (χ3n) is 4.01. The van der Waals surface area contributed by atoms with Crippen LogP contribution in [0.5, 0.6) is 0 Å². The van der Waals surface area contributed by atoms with Crippen LogP contribution >= 0.6 is 12.4 Å². The Hall–Kier alpha value is -1.75. The summed E-state index contributed by atoms with van der Waals surface area (Å²) in [6, 6.07) is 4.60. The first-order valence-electron chi connectivity index (χ1n) is 7.54. The van der Waals surface area contributed by atoms with Crippen LogP contribution in [0.15, 0.2) is 29.2 Å². The van der Waals surface area contributed by atoms with Gasteiger partial charge in [-0.05, 0) is 31.1 Å². The maximum atomic E-state index is 12.1. The van der Waals surface area contributed by atoms with E-state index < -0.39 is 14.9 Å². The number of carbonyl (C=O) groups excluding carboxylic acids is 1. The summed E-state index contributed by atoms with van der Waals surface area (Å²) in [4.78, 5) is 21.8. The van der Waals surface area contributed by atoms with Crippen molar-refractivity contribution in [3.05, 3.63) is 34.4 Å². The van der Waals surface area contributed by atoms with Gasteiger partial charge < -0.3 is 10.6 Å². The van der Waals surface area contributed by atoms with Crippen molar-refractivity contribution in [3.63, 3.8) is 0 Å². The second kappa shape index (κ2) is 9.09. The zero-order valence-corrected chi connectivity index (χ0v) is 15.2. The summed E-state index contributed by atoms with van der Waals surface area (Å²) >= 11 is 0. The molecule has 0 bridgehead atoms. The number of nitro benzene ring substituents is 1. The number of nitrogens with one attached hydrogen (secondary N) is 3. The van der Waals surface area contributed by atoms with Crippen LogP contribution in [0.1, 0.15) is 6.92 Å². The number of hydrogen-bond acceptors (Lipinski definition) is 6. The van der Waals surface area contributed by atoms with E-state index in [1.165, 1.54) is 12.1 Å². The molecule has 1 aromatic rings. The number of carbonyl (C=O) groups is 1. The van der Waals surface area contributed by atoms with E-state index in [0.717, 1.165) is 25.2 Å². The topological polar surface area (TPSA) is 130 Å². The molecule has 2 rings (SSSR count). The van der Waals surface area contributed by atoms with Crippen molar-refractivity contribution in [2.45, 2.75) is 11.8 Å². The van der Waals surface area contributed by atoms with E-state index in [1.54, 1.807) is 0 Å². The molecule has 1 aliphatic rings. The lowest BCUT2D eigenvalue weighted by Gasteiger charge is -2.31. The SMILES string of the molecule is CC(C(=O)NCCNS(=O)(=O)c1ccc([N+](=O)[O-])cc1)C1CNC1.Cl. The molecule has 1 unspecified atom stereocenters. The summed E-state index contributed by atoms with van der Waals surface area (Å²) in [7, 11) is -3.76. The van der Waals surface area contributed by atoms with Gasteiger partial charge in [0.1, 0.15) is 0 Å². The van der Waals surface area contributed by atoms with Crippen molar-refractivity contribution >= 4 is 34.0 Å². The van der Waals surface area contributed by atoms with Crippen molar-refractivity contribution in [1.82, 2.24) is 15.4 Å². The largest absolute Gasteiger partial charge is 0.355 e. The van der Waals surface area contributed by atoms with E-state index in [2.05, 4.69) is 15.4 Å². The first-order chi connectivity index (χ1) is 11.3. The molecular weight excluding hydrogens is 372 g/mol. The minimum absolute atomic E-state index is 0. The van der Waals surface area contributed by atoms with Gasteiger partial charge in [-0.15, -0.1) is 12.4 Å². The lowest BCUT2D eigenvalue weighted by atomic mass is 9.88. The Morgan fingerprint density at radius 2 is 1.92 bits per heavy atom. The molecule has 0 aliphatic carbocycles. The molecule has 0 saturated carbocycles. The Morgan fingerprint density at radius 3 is 2.40 bits per heavy atom. The van der Waals surface area contributed by atoms with Crippen LogP contribution in [-0.4, -0.2) is 45.4 Å². The molecule has 1 saturated heterocycles. The van der Waals surface area contributed by atoms with Gasteiger partial charge in [-0.2, -0.15) is 0 Å². The molecular formula is C14H21ClN4O5S. The molecule has 0 radical (unpaired) electrons. The summed E-state index contributed by atoms with van der Waals surface area (Å²) < 4.78 is 26.5. The van der Waals surface area contributed by atoms with E-state index in [4.69, 9.17) is 0 Å². The fourth-order valence-corrected chi connectivity index (χ4v) is 3.27. The Morgan fingerprint density at radius 1 is 1.32 bits per heavy atom. The fourth-order valence-electron chi connectivity index (χ4n) is 2.24. The van der Waals surface area contributed by atoms with Crippen molar-refractivity contribution < 1.29 is 18.1 Å². The van der Waals surface area contributed by atoms with Crippen LogP contribution < -0.4 is 15.4 Å². The number of sulfonamides is 1. The van der Waals surface area contributed by atoms with Crippen LogP contribution in [0.4, 0.5) is 5.69 Å². The van der Waals surface area contributed by atoms with Crippen LogP contribution in [0, 0.1) is 22.0 Å². The summed E-state index contributed by atoms with van der Waals surface area (Å²) in [6.07, 6.45) is 0. The quantitative estimate of drug-likeness (QED) is 0.330. The monoisotopic (exact) mass is 392 g/mol. The highest BCUT2D eigenvalue weighted by molar-refractivity contribution is 7.89. The van der Waals surface area contributed by atoms with Crippen molar-refractivity contribution in [2.24, 2.45) is 11.8 Å². The van der Waals surface area contributed by atoms with Crippen molar-refractivity contribution in [2.75, 3.05) is 26.2 Å². The minimum Gasteiger partial charge on any atom is -0.355 e. The molecule has 140 valence electrons. The number of halogens is 1. The first kappa shape index (κ1) is 21.3. The molecule has 9 nitrogen and oxygen atoms in total. The van der Waals surface area contributed by atoms with Crippen LogP contribution in [0.25, 0.3) is 0 Å². The van der Waals surface area contributed by atoms with Crippen LogP contribution in [0.3, 0.4) is 0 Å². The average molecular weight is 393 g/mol. The Labute approximate surface area is 152 Å². The summed E-state index contributed by atoms with van der Waals surface area (Å²) in [5.41, 5.74) is -0.180. The second-order valence-corrected chi connectivity index (χ2v) is 7.41. The molecule has 11 heteroatoms. The molecule has 0 spiro atoms. The van der Waals surface area contributed by atoms with Gasteiger partial charge >= 0.3 is 0 Å². The van der Waals surface area contributed by atoms with Gasteiger partial charge in [0.25, 0.3) is 5.69 Å². The van der Waals surface area contributed by atoms with Crippen molar-refractivity contribution in [1.29, 1.82) is 0 Å². The third-order valence-corrected chi connectivity index (χ3v) is 5.48. The smallest absolute Gasteiger partial charge is 0.269 e. The normalized spacial score (nSPS) is 15.6. The number of nitrogens with zero attached hydrogens (tertiary/aromatic N) is 1. The zero-order valence-electron chi connectivity index (χ0n) is 13.6. The first-order valence-corrected chi connectivity index (χ1v) is 9.02. The van der Waals surface area contributed by atoms with Gasteiger partial charge in [0, 0.05) is 31.1 Å². The Kier molecular flexibility index (Phi) is 7.74. The van der Waals surface area contributed by atoms with E-state index in [0.29, 0.717) is 5.92 Å². The molecule has 1 heterocycles. The van der Waals surface area contributed by atoms with Crippen molar-refractivity contribution in [3.8, 4) is 0 Å². The van der Waals surface area contributed by atoms with Crippen LogP contribution in [-0.2, 0) is 14.8 Å². The highest BCUT2D eigenvalue weighted by atomic mass is 35.5. The predicted octanol–water partition coefficient (Wildman–Crippen LogP) is 0.267. The number of amides is 1. The molecule has 0 aromatic heterocycles.